The average Bonchev–Trinajstić information content (AvgIpc) is 2.50. The van der Waals surface area contributed by atoms with E-state index in [2.05, 4.69) is 14.9 Å². The molecule has 2 aromatic rings. The van der Waals surface area contributed by atoms with Crippen LogP contribution in [0.15, 0.2) is 23.0 Å². The quantitative estimate of drug-likeness (QED) is 0.903. The van der Waals surface area contributed by atoms with Gasteiger partial charge in [0.2, 0.25) is 0 Å². The van der Waals surface area contributed by atoms with Gasteiger partial charge in [-0.2, -0.15) is 0 Å². The van der Waals surface area contributed by atoms with Crippen molar-refractivity contribution >= 4 is 11.6 Å². The Bertz CT molecular complexity index is 826. The lowest BCUT2D eigenvalue weighted by Gasteiger charge is -2.29. The SMILES string of the molecule is CC(C)(C)c1nc2c(c(=O)[nH]1)CCN(Cc1ccc(F)c(Cl)c1)C2. The molecule has 2 heterocycles. The van der Waals surface area contributed by atoms with E-state index in [0.29, 0.717) is 25.3 Å². The molecule has 0 fully saturated rings. The molecular formula is C18H21ClFN3O. The van der Waals surface area contributed by atoms with Gasteiger partial charge in [-0.05, 0) is 24.1 Å². The van der Waals surface area contributed by atoms with Gasteiger partial charge in [0.1, 0.15) is 11.6 Å². The summed E-state index contributed by atoms with van der Waals surface area (Å²) in [5, 5.41) is 0.134. The van der Waals surface area contributed by atoms with Gasteiger partial charge in [-0.15, -0.1) is 0 Å². The molecular weight excluding hydrogens is 329 g/mol. The van der Waals surface area contributed by atoms with Crippen molar-refractivity contribution in [3.05, 3.63) is 62.0 Å². The highest BCUT2D eigenvalue weighted by molar-refractivity contribution is 6.30. The smallest absolute Gasteiger partial charge is 0.254 e. The summed E-state index contributed by atoms with van der Waals surface area (Å²) in [7, 11) is 0. The molecule has 0 amide bonds. The number of benzene rings is 1. The summed E-state index contributed by atoms with van der Waals surface area (Å²) in [6.07, 6.45) is 0.664. The van der Waals surface area contributed by atoms with Crippen LogP contribution < -0.4 is 5.56 Å². The second-order valence-electron chi connectivity index (χ2n) is 7.30. The summed E-state index contributed by atoms with van der Waals surface area (Å²) in [4.78, 5) is 22.1. The number of hydrogen-bond acceptors (Lipinski definition) is 3. The number of aromatic amines is 1. The molecule has 0 atom stereocenters. The monoisotopic (exact) mass is 349 g/mol. The first-order chi connectivity index (χ1) is 11.2. The number of halogens is 2. The molecule has 128 valence electrons. The van der Waals surface area contributed by atoms with E-state index < -0.39 is 5.82 Å². The average molecular weight is 350 g/mol. The lowest BCUT2D eigenvalue weighted by molar-refractivity contribution is 0.239. The highest BCUT2D eigenvalue weighted by atomic mass is 35.5. The first kappa shape index (κ1) is 17.1. The summed E-state index contributed by atoms with van der Waals surface area (Å²) >= 11 is 5.85. The lowest BCUT2D eigenvalue weighted by atomic mass is 9.95. The van der Waals surface area contributed by atoms with Gasteiger partial charge >= 0.3 is 0 Å². The molecule has 0 aliphatic carbocycles. The van der Waals surface area contributed by atoms with Crippen LogP contribution in [-0.4, -0.2) is 21.4 Å². The Balaban J connectivity index is 1.84. The molecule has 3 rings (SSSR count). The third-order valence-electron chi connectivity index (χ3n) is 4.25. The molecule has 6 heteroatoms. The van der Waals surface area contributed by atoms with Crippen molar-refractivity contribution in [1.29, 1.82) is 0 Å². The third kappa shape index (κ3) is 3.52. The molecule has 0 radical (unpaired) electrons. The van der Waals surface area contributed by atoms with Crippen molar-refractivity contribution in [2.75, 3.05) is 6.54 Å². The van der Waals surface area contributed by atoms with Crippen molar-refractivity contribution in [1.82, 2.24) is 14.9 Å². The largest absolute Gasteiger partial charge is 0.310 e. The van der Waals surface area contributed by atoms with Gasteiger partial charge < -0.3 is 4.98 Å². The minimum Gasteiger partial charge on any atom is -0.310 e. The fourth-order valence-electron chi connectivity index (χ4n) is 2.88. The zero-order valence-corrected chi connectivity index (χ0v) is 14.9. The van der Waals surface area contributed by atoms with E-state index in [-0.39, 0.29) is 16.0 Å². The summed E-state index contributed by atoms with van der Waals surface area (Å²) in [6, 6.07) is 4.77. The van der Waals surface area contributed by atoms with Crippen molar-refractivity contribution in [3.8, 4) is 0 Å². The number of hydrogen-bond donors (Lipinski definition) is 1. The summed E-state index contributed by atoms with van der Waals surface area (Å²) in [6.45, 7) is 8.11. The van der Waals surface area contributed by atoms with Crippen molar-refractivity contribution in [3.63, 3.8) is 0 Å². The van der Waals surface area contributed by atoms with Crippen LogP contribution in [0.5, 0.6) is 0 Å². The maximum atomic E-state index is 13.3. The van der Waals surface area contributed by atoms with E-state index in [4.69, 9.17) is 11.6 Å². The van der Waals surface area contributed by atoms with Gasteiger partial charge in [0, 0.05) is 30.6 Å². The van der Waals surface area contributed by atoms with Gasteiger partial charge in [-0.1, -0.05) is 38.4 Å². The van der Waals surface area contributed by atoms with Crippen molar-refractivity contribution < 1.29 is 4.39 Å². The fraction of sp³-hybridized carbons (Fsp3) is 0.444. The molecule has 4 nitrogen and oxygen atoms in total. The van der Waals surface area contributed by atoms with Crippen molar-refractivity contribution in [2.45, 2.75) is 45.7 Å². The Morgan fingerprint density at radius 1 is 1.38 bits per heavy atom. The molecule has 0 saturated carbocycles. The molecule has 24 heavy (non-hydrogen) atoms. The predicted molar refractivity (Wildman–Crippen MR) is 92.8 cm³/mol. The normalized spacial score (nSPS) is 15.4. The summed E-state index contributed by atoms with van der Waals surface area (Å²) in [5.74, 6) is 0.297. The van der Waals surface area contributed by atoms with Gasteiger partial charge in [0.05, 0.1) is 10.7 Å². The van der Waals surface area contributed by atoms with Crippen LogP contribution in [0.1, 0.15) is 43.4 Å². The van der Waals surface area contributed by atoms with Crippen LogP contribution >= 0.6 is 11.6 Å². The number of fused-ring (bicyclic) bond motifs is 1. The Morgan fingerprint density at radius 2 is 2.12 bits per heavy atom. The van der Waals surface area contributed by atoms with E-state index >= 15 is 0 Å². The van der Waals surface area contributed by atoms with Gasteiger partial charge in [0.15, 0.2) is 0 Å². The zero-order valence-electron chi connectivity index (χ0n) is 14.1. The van der Waals surface area contributed by atoms with Crippen LogP contribution in [-0.2, 0) is 24.9 Å². The van der Waals surface area contributed by atoms with Crippen LogP contribution in [0, 0.1) is 5.82 Å². The lowest BCUT2D eigenvalue weighted by Crippen LogP contribution is -2.36. The van der Waals surface area contributed by atoms with Gasteiger partial charge in [0.25, 0.3) is 5.56 Å². The minimum atomic E-state index is -0.410. The molecule has 1 aromatic carbocycles. The van der Waals surface area contributed by atoms with E-state index in [1.54, 1.807) is 12.1 Å². The Morgan fingerprint density at radius 3 is 2.79 bits per heavy atom. The summed E-state index contributed by atoms with van der Waals surface area (Å²) < 4.78 is 13.3. The first-order valence-corrected chi connectivity index (χ1v) is 8.40. The molecule has 0 spiro atoms. The van der Waals surface area contributed by atoms with Crippen LogP contribution in [0.3, 0.4) is 0 Å². The highest BCUT2D eigenvalue weighted by Crippen LogP contribution is 2.22. The molecule has 1 aliphatic heterocycles. The van der Waals surface area contributed by atoms with E-state index in [1.165, 1.54) is 6.07 Å². The highest BCUT2D eigenvalue weighted by Gasteiger charge is 2.24. The topological polar surface area (TPSA) is 49.0 Å². The number of nitrogens with one attached hydrogen (secondary N) is 1. The molecule has 0 bridgehead atoms. The predicted octanol–water partition coefficient (Wildman–Crippen LogP) is 3.42. The fourth-order valence-corrected chi connectivity index (χ4v) is 3.08. The van der Waals surface area contributed by atoms with E-state index in [1.807, 2.05) is 20.8 Å². The Labute approximate surface area is 145 Å². The zero-order chi connectivity index (χ0) is 17.5. The van der Waals surface area contributed by atoms with E-state index in [9.17, 15) is 9.18 Å². The molecule has 0 unspecified atom stereocenters. The maximum absolute atomic E-state index is 13.3. The maximum Gasteiger partial charge on any atom is 0.254 e. The van der Waals surface area contributed by atoms with Gasteiger partial charge in [-0.3, -0.25) is 9.69 Å². The van der Waals surface area contributed by atoms with E-state index in [0.717, 1.165) is 23.4 Å². The number of nitrogens with zero attached hydrogens (tertiary/aromatic N) is 2. The molecule has 1 aromatic heterocycles. The second-order valence-corrected chi connectivity index (χ2v) is 7.71. The standard InChI is InChI=1S/C18H21ClFN3O/c1-18(2,3)17-21-15-10-23(7-6-12(15)16(24)22-17)9-11-4-5-14(20)13(19)8-11/h4-5,8H,6-7,9-10H2,1-3H3,(H,21,22,24). The number of H-pyrrole nitrogens is 1. The number of rotatable bonds is 2. The number of aromatic nitrogens is 2. The van der Waals surface area contributed by atoms with Crippen molar-refractivity contribution in [2.24, 2.45) is 0 Å². The second kappa shape index (κ2) is 6.30. The first-order valence-electron chi connectivity index (χ1n) is 8.03. The Kier molecular flexibility index (Phi) is 4.49. The van der Waals surface area contributed by atoms with Gasteiger partial charge in [-0.25, -0.2) is 9.37 Å². The van der Waals surface area contributed by atoms with Crippen LogP contribution in [0.25, 0.3) is 0 Å². The minimum absolute atomic E-state index is 0.0330. The molecule has 1 N–H and O–H groups in total. The van der Waals surface area contributed by atoms with Crippen LogP contribution in [0.2, 0.25) is 5.02 Å². The molecule has 1 aliphatic rings. The Hall–Kier alpha value is -1.72. The third-order valence-corrected chi connectivity index (χ3v) is 4.54. The summed E-state index contributed by atoms with van der Waals surface area (Å²) in [5.41, 5.74) is 2.32. The molecule has 0 saturated heterocycles. The van der Waals surface area contributed by atoms with Crippen LogP contribution in [0.4, 0.5) is 4.39 Å².